The number of aromatic carboxylic acids is 1. The lowest BCUT2D eigenvalue weighted by Crippen LogP contribution is -2.15. The maximum Gasteiger partial charge on any atom is 0.336 e. The third-order valence-corrected chi connectivity index (χ3v) is 13.9. The zero-order valence-electron chi connectivity index (χ0n) is 42.6. The summed E-state index contributed by atoms with van der Waals surface area (Å²) in [5, 5.41) is 32.3. The fourth-order valence-electron chi connectivity index (χ4n) is 10.2. The third kappa shape index (κ3) is 10.2. The molecule has 1 aliphatic carbocycles. The Morgan fingerprint density at radius 3 is 1.53 bits per heavy atom. The summed E-state index contributed by atoms with van der Waals surface area (Å²) in [6.45, 7) is 4.11. The second-order valence-electron chi connectivity index (χ2n) is 18.7. The zero-order chi connectivity index (χ0) is 52.8. The summed E-state index contributed by atoms with van der Waals surface area (Å²) in [4.78, 5) is 37.8. The molecule has 0 saturated carbocycles. The van der Waals surface area contributed by atoms with Crippen LogP contribution in [0.5, 0.6) is 5.75 Å². The van der Waals surface area contributed by atoms with Crippen molar-refractivity contribution in [2.24, 2.45) is 0 Å². The minimum absolute atomic E-state index is 0.0325. The molecule has 0 saturated heterocycles. The van der Waals surface area contributed by atoms with Gasteiger partial charge in [0, 0.05) is 64.6 Å². The first-order valence-electron chi connectivity index (χ1n) is 25.9. The van der Waals surface area contributed by atoms with Gasteiger partial charge in [0.15, 0.2) is 5.43 Å². The summed E-state index contributed by atoms with van der Waals surface area (Å²) in [6, 6.07) is 70.8. The van der Waals surface area contributed by atoms with Crippen molar-refractivity contribution in [1.29, 1.82) is 0 Å². The van der Waals surface area contributed by atoms with Gasteiger partial charge in [0.25, 0.3) is 0 Å². The van der Waals surface area contributed by atoms with E-state index in [9.17, 15) is 19.8 Å². The van der Waals surface area contributed by atoms with Crippen molar-refractivity contribution in [3.63, 3.8) is 0 Å². The average Bonchev–Trinajstić information content (AvgIpc) is 3.49. The largest absolute Gasteiger partial charge is 0.507 e. The van der Waals surface area contributed by atoms with Crippen LogP contribution in [-0.2, 0) is 25.9 Å². The number of pyridine rings is 2. The highest BCUT2D eigenvalue weighted by atomic mass is 16.4. The smallest absolute Gasteiger partial charge is 0.336 e. The van der Waals surface area contributed by atoms with E-state index < -0.39 is 5.97 Å². The van der Waals surface area contributed by atoms with E-state index in [1.165, 1.54) is 6.07 Å². The molecular formula is C68H54N4O5. The molecule has 0 spiro atoms. The fraction of sp³-hybridized carbons (Fsp3) is 0.0882. The van der Waals surface area contributed by atoms with E-state index in [4.69, 9.17) is 14.4 Å². The Kier molecular flexibility index (Phi) is 14.1. The lowest BCUT2D eigenvalue weighted by Gasteiger charge is -2.21. The molecule has 9 heteroatoms. The lowest BCUT2D eigenvalue weighted by molar-refractivity contribution is 0.0697. The number of carbonyl (C=O) groups is 1. The molecule has 0 radical (unpaired) electrons. The van der Waals surface area contributed by atoms with Crippen LogP contribution in [0.15, 0.2) is 228 Å². The highest BCUT2D eigenvalue weighted by molar-refractivity contribution is 6.09. The first kappa shape index (κ1) is 49.4. The van der Waals surface area contributed by atoms with E-state index in [0.717, 1.165) is 77.9 Å². The third-order valence-electron chi connectivity index (χ3n) is 13.9. The Bertz CT molecular complexity index is 4130. The van der Waals surface area contributed by atoms with Gasteiger partial charge in [-0.05, 0) is 106 Å². The van der Waals surface area contributed by atoms with Crippen LogP contribution in [0, 0.1) is 0 Å². The molecular weight excluding hydrogens is 953 g/mol. The number of nitrogens with zero attached hydrogens (tertiary/aromatic N) is 2. The molecule has 12 rings (SSSR count). The van der Waals surface area contributed by atoms with Crippen LogP contribution in [0.25, 0.3) is 77.5 Å². The summed E-state index contributed by atoms with van der Waals surface area (Å²) in [5.41, 5.74) is 13.4. The second kappa shape index (κ2) is 21.9. The molecule has 0 fully saturated rings. The van der Waals surface area contributed by atoms with Gasteiger partial charge in [0.1, 0.15) is 17.1 Å². The van der Waals surface area contributed by atoms with Gasteiger partial charge in [0.2, 0.25) is 0 Å². The maximum absolute atomic E-state index is 14.4. The fourth-order valence-corrected chi connectivity index (χ4v) is 10.2. The number of nitrogens with one attached hydrogen (secondary N) is 2. The van der Waals surface area contributed by atoms with Gasteiger partial charge in [-0.1, -0.05) is 166 Å². The molecule has 0 unspecified atom stereocenters. The molecule has 9 nitrogen and oxygen atoms in total. The number of hydrogen-bond acceptors (Lipinski definition) is 8. The highest BCUT2D eigenvalue weighted by Crippen LogP contribution is 2.45. The summed E-state index contributed by atoms with van der Waals surface area (Å²) < 4.78 is 7.02. The number of carboxylic acids is 1. The van der Waals surface area contributed by atoms with E-state index in [1.54, 1.807) is 42.5 Å². The molecule has 8 aromatic carbocycles. The van der Waals surface area contributed by atoms with E-state index in [-0.39, 0.29) is 35.6 Å². The molecule has 2 aliphatic rings. The number of aromatic hydroxyl groups is 1. The molecule has 4 N–H and O–H groups in total. The monoisotopic (exact) mass is 1010 g/mol. The van der Waals surface area contributed by atoms with Gasteiger partial charge in [-0.25, -0.2) is 4.79 Å². The van der Waals surface area contributed by atoms with Crippen LogP contribution in [0.4, 0.5) is 11.4 Å². The van der Waals surface area contributed by atoms with Crippen LogP contribution >= 0.6 is 0 Å². The van der Waals surface area contributed by atoms with Crippen molar-refractivity contribution in [1.82, 2.24) is 9.97 Å². The van der Waals surface area contributed by atoms with Gasteiger partial charge in [-0.3, -0.25) is 14.8 Å². The number of fused-ring (bicyclic) bond motifs is 4. The van der Waals surface area contributed by atoms with E-state index in [0.29, 0.717) is 51.6 Å². The summed E-state index contributed by atoms with van der Waals surface area (Å²) in [7, 11) is 0. The predicted molar refractivity (Wildman–Crippen MR) is 312 cm³/mol. The van der Waals surface area contributed by atoms with Crippen molar-refractivity contribution < 1.29 is 19.4 Å². The minimum Gasteiger partial charge on any atom is -0.507 e. The normalized spacial score (nSPS) is 11.1. The van der Waals surface area contributed by atoms with Gasteiger partial charge < -0.3 is 25.3 Å². The lowest BCUT2D eigenvalue weighted by atomic mass is 9.88. The molecule has 1 aliphatic heterocycles. The minimum atomic E-state index is -1.11. The Morgan fingerprint density at radius 2 is 1.00 bits per heavy atom. The van der Waals surface area contributed by atoms with Crippen molar-refractivity contribution in [2.45, 2.75) is 39.8 Å². The molecule has 0 bridgehead atoms. The molecule has 376 valence electrons. The van der Waals surface area contributed by atoms with E-state index in [2.05, 4.69) is 108 Å². The van der Waals surface area contributed by atoms with Crippen molar-refractivity contribution >= 4 is 50.1 Å². The number of aromatic nitrogens is 2. The van der Waals surface area contributed by atoms with Crippen molar-refractivity contribution in [3.8, 4) is 50.5 Å². The van der Waals surface area contributed by atoms with Gasteiger partial charge in [-0.15, -0.1) is 0 Å². The number of benzene rings is 9. The Hall–Kier alpha value is -9.86. The van der Waals surface area contributed by atoms with Crippen LogP contribution in [0.1, 0.15) is 57.8 Å². The first-order chi connectivity index (χ1) is 37.8. The maximum atomic E-state index is 14.4. The van der Waals surface area contributed by atoms with Crippen LogP contribution in [0.2, 0.25) is 0 Å². The number of hydrogen-bond donors (Lipinski definition) is 4. The van der Waals surface area contributed by atoms with Gasteiger partial charge >= 0.3 is 5.97 Å². The molecule has 77 heavy (non-hydrogen) atoms. The number of phenols is 1. The summed E-state index contributed by atoms with van der Waals surface area (Å²) in [6.07, 6.45) is 1.29. The Morgan fingerprint density at radius 1 is 0.506 bits per heavy atom. The Balaban J connectivity index is 0.00000312. The SMILES string of the molecule is CC.O=C(O)c1ccccc1-c1c2ccc(=O)c(CNc3cc(-c4ccccc4)cc4ccc(Cc5ccccc5)nc34)c-2oc2c(CNc3cc(-c4ccccc4)cc4ccc(Cc5ccccc5)nc34)c(O)ccc12. The number of phenolic OH excluding ortho intramolecular Hbond substituents is 1. The van der Waals surface area contributed by atoms with Crippen LogP contribution in [-0.4, -0.2) is 26.2 Å². The standard InChI is InChI=1S/C66H48N4O5.C2H6/c71-59-31-29-53-61(51-23-13-14-24-52(51)66(73)74)54-30-32-60(72)56(40-68-58-38-48(44-21-11-4-12-22-44)36-46-26-28-50(70-63(46)58)34-42-17-7-2-8-18-42)65(54)75-64(53)55(59)39-67-57-37-47(43-19-9-3-10-20-43)35-45-25-27-49(69-62(45)57)33-41-15-5-1-6-16-41;1-2/h1-32,35-38,67-68,71H,33-34,39-40H2,(H,73,74);1-2H3. The molecule has 10 aromatic rings. The number of carboxylic acid groups (broad SMARTS) is 1. The zero-order valence-corrected chi connectivity index (χ0v) is 42.6. The van der Waals surface area contributed by atoms with E-state index >= 15 is 0 Å². The number of anilines is 2. The van der Waals surface area contributed by atoms with Crippen LogP contribution < -0.4 is 16.1 Å². The van der Waals surface area contributed by atoms with Crippen molar-refractivity contribution in [3.05, 3.63) is 268 Å². The molecule has 0 atom stereocenters. The highest BCUT2D eigenvalue weighted by Gasteiger charge is 2.27. The first-order valence-corrected chi connectivity index (χ1v) is 25.9. The van der Waals surface area contributed by atoms with Gasteiger partial charge in [0.05, 0.1) is 39.1 Å². The molecule has 0 amide bonds. The summed E-state index contributed by atoms with van der Waals surface area (Å²) in [5.74, 6) is -0.893. The second-order valence-corrected chi connectivity index (χ2v) is 18.7. The van der Waals surface area contributed by atoms with Gasteiger partial charge in [-0.2, -0.15) is 0 Å². The topological polar surface area (TPSA) is 138 Å². The average molecular weight is 1010 g/mol. The molecule has 3 heterocycles. The quantitative estimate of drug-likeness (QED) is 0.0785. The van der Waals surface area contributed by atoms with Crippen molar-refractivity contribution in [2.75, 3.05) is 10.6 Å². The Labute approximate surface area is 446 Å². The molecule has 2 aromatic heterocycles. The summed E-state index contributed by atoms with van der Waals surface area (Å²) >= 11 is 0. The predicted octanol–water partition coefficient (Wildman–Crippen LogP) is 15.8. The van der Waals surface area contributed by atoms with Crippen LogP contribution in [0.3, 0.4) is 0 Å². The van der Waals surface area contributed by atoms with E-state index in [1.807, 2.05) is 86.6 Å². The number of rotatable bonds is 14.